The largest absolute Gasteiger partial charge is 0.464 e. The molecule has 0 saturated carbocycles. The van der Waals surface area contributed by atoms with E-state index in [1.54, 1.807) is 13.2 Å². The number of methoxy groups -OCH3 is 1. The molecule has 9 heteroatoms. The minimum absolute atomic E-state index is 0.115. The summed E-state index contributed by atoms with van der Waals surface area (Å²) in [6.45, 7) is -0.659. The number of nitrogens with zero attached hydrogens (tertiary/aromatic N) is 5. The van der Waals surface area contributed by atoms with Gasteiger partial charge in [0.15, 0.2) is 5.69 Å². The van der Waals surface area contributed by atoms with Crippen LogP contribution in [0.2, 0.25) is 0 Å². The van der Waals surface area contributed by atoms with Gasteiger partial charge in [-0.3, -0.25) is 4.68 Å². The topological polar surface area (TPSA) is 74.8 Å². The number of alkyl halides is 2. The number of ether oxygens (including phenoxy) is 1. The molecule has 0 fully saturated rings. The van der Waals surface area contributed by atoms with Crippen LogP contribution in [-0.4, -0.2) is 44.3 Å². The van der Waals surface area contributed by atoms with Crippen LogP contribution in [0.5, 0.6) is 0 Å². The lowest BCUT2D eigenvalue weighted by molar-refractivity contribution is 0.0594. The van der Waals surface area contributed by atoms with E-state index in [9.17, 15) is 13.6 Å². The lowest BCUT2D eigenvalue weighted by Crippen LogP contribution is -2.11. The minimum Gasteiger partial charge on any atom is -0.464 e. The second-order valence-corrected chi connectivity index (χ2v) is 3.75. The van der Waals surface area contributed by atoms with Crippen molar-refractivity contribution in [3.63, 3.8) is 0 Å². The SMILES string of the molecule is COC(=O)c1nnn(CC(F)F)c1-c1cnn(C)c1. The summed E-state index contributed by atoms with van der Waals surface area (Å²) in [5, 5.41) is 11.1. The van der Waals surface area contributed by atoms with Crippen LogP contribution in [0.4, 0.5) is 8.78 Å². The van der Waals surface area contributed by atoms with E-state index in [-0.39, 0.29) is 11.4 Å². The van der Waals surface area contributed by atoms with Crippen molar-refractivity contribution in [3.8, 4) is 11.3 Å². The molecule has 0 saturated heterocycles. The Hall–Kier alpha value is -2.32. The smallest absolute Gasteiger partial charge is 0.360 e. The molecule has 0 aromatic carbocycles. The maximum absolute atomic E-state index is 12.5. The Morgan fingerprint density at radius 2 is 2.26 bits per heavy atom. The molecular formula is C10H11F2N5O2. The van der Waals surface area contributed by atoms with E-state index >= 15 is 0 Å². The molecule has 0 bridgehead atoms. The number of carbonyl (C=O) groups is 1. The van der Waals surface area contributed by atoms with Gasteiger partial charge in [0.2, 0.25) is 0 Å². The third-order valence-electron chi connectivity index (χ3n) is 2.40. The number of aryl methyl sites for hydroxylation is 1. The molecule has 0 unspecified atom stereocenters. The highest BCUT2D eigenvalue weighted by molar-refractivity contribution is 5.93. The van der Waals surface area contributed by atoms with Gasteiger partial charge in [-0.05, 0) is 0 Å². The first kappa shape index (κ1) is 13.1. The number of hydrogen-bond donors (Lipinski definition) is 0. The molecule has 0 amide bonds. The molecular weight excluding hydrogens is 260 g/mol. The van der Waals surface area contributed by atoms with Gasteiger partial charge in [-0.1, -0.05) is 5.21 Å². The molecule has 0 radical (unpaired) electrons. The molecule has 0 aliphatic heterocycles. The lowest BCUT2D eigenvalue weighted by atomic mass is 10.2. The Balaban J connectivity index is 2.52. The van der Waals surface area contributed by atoms with Crippen LogP contribution < -0.4 is 0 Å². The molecule has 0 spiro atoms. The first-order valence-corrected chi connectivity index (χ1v) is 5.32. The summed E-state index contributed by atoms with van der Waals surface area (Å²) in [5.41, 5.74) is 0.518. The lowest BCUT2D eigenvalue weighted by Gasteiger charge is -2.04. The van der Waals surface area contributed by atoms with Gasteiger partial charge in [0.25, 0.3) is 6.43 Å². The predicted octanol–water partition coefficient (Wildman–Crippen LogP) is 0.730. The van der Waals surface area contributed by atoms with Gasteiger partial charge in [-0.2, -0.15) is 5.10 Å². The molecule has 2 rings (SSSR count). The summed E-state index contributed by atoms with van der Waals surface area (Å²) < 4.78 is 32.0. The molecule has 0 atom stereocenters. The molecule has 0 N–H and O–H groups in total. The summed E-state index contributed by atoms with van der Waals surface area (Å²) in [5.74, 6) is -0.737. The molecule has 2 heterocycles. The summed E-state index contributed by atoms with van der Waals surface area (Å²) in [4.78, 5) is 11.6. The van der Waals surface area contributed by atoms with Crippen LogP contribution >= 0.6 is 0 Å². The zero-order valence-electron chi connectivity index (χ0n) is 10.2. The van der Waals surface area contributed by atoms with Crippen LogP contribution in [0.3, 0.4) is 0 Å². The van der Waals surface area contributed by atoms with Crippen molar-refractivity contribution in [1.29, 1.82) is 0 Å². The van der Waals surface area contributed by atoms with Gasteiger partial charge in [-0.15, -0.1) is 5.10 Å². The van der Waals surface area contributed by atoms with E-state index in [1.807, 2.05) is 0 Å². The van der Waals surface area contributed by atoms with Gasteiger partial charge in [0, 0.05) is 18.8 Å². The molecule has 2 aromatic heterocycles. The third kappa shape index (κ3) is 2.59. The van der Waals surface area contributed by atoms with E-state index in [1.165, 1.54) is 18.0 Å². The average molecular weight is 271 g/mol. The quantitative estimate of drug-likeness (QED) is 0.766. The zero-order chi connectivity index (χ0) is 14.0. The highest BCUT2D eigenvalue weighted by atomic mass is 19.3. The minimum atomic E-state index is -2.61. The summed E-state index contributed by atoms with van der Waals surface area (Å²) in [6, 6.07) is 0. The Labute approximate surface area is 106 Å². The fourth-order valence-electron chi connectivity index (χ4n) is 1.63. The first-order valence-electron chi connectivity index (χ1n) is 5.32. The Morgan fingerprint density at radius 3 is 2.79 bits per heavy atom. The van der Waals surface area contributed by atoms with Gasteiger partial charge < -0.3 is 4.74 Å². The van der Waals surface area contributed by atoms with Crippen LogP contribution in [-0.2, 0) is 18.3 Å². The Bertz CT molecular complexity index is 593. The summed E-state index contributed by atoms with van der Waals surface area (Å²) >= 11 is 0. The highest BCUT2D eigenvalue weighted by Crippen LogP contribution is 2.22. The molecule has 0 aliphatic rings. The maximum atomic E-state index is 12.5. The van der Waals surface area contributed by atoms with Crippen LogP contribution in [0.15, 0.2) is 12.4 Å². The van der Waals surface area contributed by atoms with Crippen LogP contribution in [0.25, 0.3) is 11.3 Å². The molecule has 0 aliphatic carbocycles. The highest BCUT2D eigenvalue weighted by Gasteiger charge is 2.24. The zero-order valence-corrected chi connectivity index (χ0v) is 10.2. The third-order valence-corrected chi connectivity index (χ3v) is 2.40. The number of aromatic nitrogens is 5. The second-order valence-electron chi connectivity index (χ2n) is 3.75. The first-order chi connectivity index (χ1) is 9.02. The van der Waals surface area contributed by atoms with Crippen molar-refractivity contribution < 1.29 is 18.3 Å². The molecule has 102 valence electrons. The fraction of sp³-hybridized carbons (Fsp3) is 0.400. The molecule has 2 aromatic rings. The van der Waals surface area contributed by atoms with Crippen LogP contribution in [0, 0.1) is 0 Å². The van der Waals surface area contributed by atoms with Crippen molar-refractivity contribution >= 4 is 5.97 Å². The Morgan fingerprint density at radius 1 is 1.53 bits per heavy atom. The van der Waals surface area contributed by atoms with E-state index < -0.39 is 18.9 Å². The van der Waals surface area contributed by atoms with Crippen LogP contribution in [0.1, 0.15) is 10.5 Å². The van der Waals surface area contributed by atoms with Crippen molar-refractivity contribution in [2.45, 2.75) is 13.0 Å². The number of halogens is 2. The maximum Gasteiger partial charge on any atom is 0.360 e. The number of carbonyl (C=O) groups excluding carboxylic acids is 1. The van der Waals surface area contributed by atoms with Crippen molar-refractivity contribution in [2.75, 3.05) is 7.11 Å². The average Bonchev–Trinajstić information content (AvgIpc) is 2.93. The second kappa shape index (κ2) is 5.12. The number of rotatable bonds is 4. The number of esters is 1. The standard InChI is InChI=1S/C10H11F2N5O2/c1-16-4-6(3-13-16)9-8(10(18)19-2)14-15-17(9)5-7(11)12/h3-4,7H,5H2,1-2H3. The summed E-state index contributed by atoms with van der Waals surface area (Å²) in [6.07, 6.45) is 0.405. The van der Waals surface area contributed by atoms with E-state index in [0.29, 0.717) is 5.56 Å². The normalized spacial score (nSPS) is 11.0. The fourth-order valence-corrected chi connectivity index (χ4v) is 1.63. The molecule has 7 nitrogen and oxygen atoms in total. The van der Waals surface area contributed by atoms with Crippen molar-refractivity contribution in [3.05, 3.63) is 18.1 Å². The van der Waals surface area contributed by atoms with Gasteiger partial charge in [0.05, 0.1) is 13.3 Å². The monoisotopic (exact) mass is 271 g/mol. The number of hydrogen-bond acceptors (Lipinski definition) is 5. The van der Waals surface area contributed by atoms with Gasteiger partial charge in [-0.25, -0.2) is 18.3 Å². The molecule has 19 heavy (non-hydrogen) atoms. The predicted molar refractivity (Wildman–Crippen MR) is 59.6 cm³/mol. The summed E-state index contributed by atoms with van der Waals surface area (Å²) in [7, 11) is 2.85. The van der Waals surface area contributed by atoms with Gasteiger partial charge >= 0.3 is 5.97 Å². The van der Waals surface area contributed by atoms with E-state index in [4.69, 9.17) is 0 Å². The van der Waals surface area contributed by atoms with Gasteiger partial charge in [0.1, 0.15) is 12.2 Å². The van der Waals surface area contributed by atoms with E-state index in [0.717, 1.165) is 4.68 Å². The van der Waals surface area contributed by atoms with E-state index in [2.05, 4.69) is 20.1 Å². The van der Waals surface area contributed by atoms with Crippen molar-refractivity contribution in [1.82, 2.24) is 24.8 Å². The van der Waals surface area contributed by atoms with Crippen molar-refractivity contribution in [2.24, 2.45) is 7.05 Å². The Kier molecular flexibility index (Phi) is 3.54.